The van der Waals surface area contributed by atoms with Crippen LogP contribution in [0.2, 0.25) is 0 Å². The van der Waals surface area contributed by atoms with Gasteiger partial charge in [-0.1, -0.05) is 15.9 Å². The van der Waals surface area contributed by atoms with Crippen LogP contribution in [0, 0.1) is 0 Å². The van der Waals surface area contributed by atoms with Crippen LogP contribution in [0.4, 0.5) is 0 Å². The van der Waals surface area contributed by atoms with E-state index >= 15 is 0 Å². The second-order valence-electron chi connectivity index (χ2n) is 3.44. The van der Waals surface area contributed by atoms with Crippen molar-refractivity contribution in [1.82, 2.24) is 4.98 Å². The number of pyridine rings is 1. The van der Waals surface area contributed by atoms with E-state index in [1.54, 1.807) is 0 Å². The third kappa shape index (κ3) is 3.49. The van der Waals surface area contributed by atoms with Crippen molar-refractivity contribution < 1.29 is 19.7 Å². The molecule has 6 heteroatoms. The average Bonchev–Trinajstić information content (AvgIpc) is 2.37. The fraction of sp³-hybridized carbons (Fsp3) is 0.455. The Morgan fingerprint density at radius 1 is 1.59 bits per heavy atom. The van der Waals surface area contributed by atoms with Crippen LogP contribution in [0.25, 0.3) is 0 Å². The van der Waals surface area contributed by atoms with Crippen LogP contribution in [0.15, 0.2) is 18.5 Å². The summed E-state index contributed by atoms with van der Waals surface area (Å²) in [7, 11) is 1.26. The number of aliphatic hydroxyl groups excluding tert-OH is 2. The van der Waals surface area contributed by atoms with E-state index in [0.717, 1.165) is 0 Å². The lowest BCUT2D eigenvalue weighted by molar-refractivity contribution is 0.0159. The molecule has 1 rings (SSSR count). The Morgan fingerprint density at radius 2 is 2.29 bits per heavy atom. The molecule has 0 saturated carbocycles. The molecule has 2 unspecified atom stereocenters. The summed E-state index contributed by atoms with van der Waals surface area (Å²) < 4.78 is 4.60. The smallest absolute Gasteiger partial charge is 0.338 e. The molecule has 0 radical (unpaired) electrons. The first kappa shape index (κ1) is 14.1. The van der Waals surface area contributed by atoms with Crippen molar-refractivity contribution in [1.29, 1.82) is 0 Å². The Kier molecular flexibility index (Phi) is 5.54. The van der Waals surface area contributed by atoms with Gasteiger partial charge < -0.3 is 14.9 Å². The molecule has 0 fully saturated rings. The summed E-state index contributed by atoms with van der Waals surface area (Å²) in [5.74, 6) is -0.563. The Labute approximate surface area is 108 Å². The van der Waals surface area contributed by atoms with E-state index in [9.17, 15) is 15.0 Å². The van der Waals surface area contributed by atoms with Crippen LogP contribution >= 0.6 is 15.9 Å². The van der Waals surface area contributed by atoms with Gasteiger partial charge >= 0.3 is 5.97 Å². The fourth-order valence-corrected chi connectivity index (χ4v) is 1.88. The molecule has 1 heterocycles. The molecule has 17 heavy (non-hydrogen) atoms. The zero-order chi connectivity index (χ0) is 12.8. The molecule has 0 spiro atoms. The van der Waals surface area contributed by atoms with Crippen molar-refractivity contribution in [2.45, 2.75) is 18.6 Å². The molecule has 0 saturated heterocycles. The van der Waals surface area contributed by atoms with Gasteiger partial charge in [0, 0.05) is 23.3 Å². The van der Waals surface area contributed by atoms with Crippen LogP contribution < -0.4 is 0 Å². The summed E-state index contributed by atoms with van der Waals surface area (Å²) in [4.78, 5) is 15.3. The highest BCUT2D eigenvalue weighted by atomic mass is 79.9. The molecule has 0 aromatic carbocycles. The van der Waals surface area contributed by atoms with E-state index in [1.807, 2.05) is 0 Å². The summed E-state index contributed by atoms with van der Waals surface area (Å²) in [5, 5.41) is 20.2. The monoisotopic (exact) mass is 303 g/mol. The number of hydrogen-bond donors (Lipinski definition) is 2. The molecule has 94 valence electrons. The lowest BCUT2D eigenvalue weighted by atomic mass is 10.00. The fourth-order valence-electron chi connectivity index (χ4n) is 1.42. The average molecular weight is 304 g/mol. The van der Waals surface area contributed by atoms with E-state index in [1.165, 1.54) is 25.6 Å². The van der Waals surface area contributed by atoms with E-state index in [0.29, 0.717) is 11.8 Å². The highest BCUT2D eigenvalue weighted by Crippen LogP contribution is 2.22. The summed E-state index contributed by atoms with van der Waals surface area (Å²) >= 11 is 3.17. The maximum atomic E-state index is 11.5. The second-order valence-corrected chi connectivity index (χ2v) is 4.24. The Bertz CT molecular complexity index is 385. The zero-order valence-corrected chi connectivity index (χ0v) is 10.9. The van der Waals surface area contributed by atoms with Gasteiger partial charge in [-0.2, -0.15) is 0 Å². The van der Waals surface area contributed by atoms with E-state index < -0.39 is 18.2 Å². The molecule has 0 aliphatic carbocycles. The van der Waals surface area contributed by atoms with Gasteiger partial charge in [-0.05, 0) is 12.5 Å². The molecule has 0 bridgehead atoms. The first-order valence-electron chi connectivity index (χ1n) is 5.06. The molecular weight excluding hydrogens is 290 g/mol. The van der Waals surface area contributed by atoms with Gasteiger partial charge in [-0.25, -0.2) is 4.79 Å². The minimum atomic E-state index is -1.16. The number of ether oxygens (including phenoxy) is 1. The van der Waals surface area contributed by atoms with Crippen LogP contribution in [-0.2, 0) is 4.74 Å². The number of aliphatic hydroxyl groups is 2. The van der Waals surface area contributed by atoms with Crippen molar-refractivity contribution in [2.24, 2.45) is 0 Å². The van der Waals surface area contributed by atoms with Crippen LogP contribution in [0.1, 0.15) is 28.4 Å². The second kappa shape index (κ2) is 6.68. The molecule has 5 nitrogen and oxygen atoms in total. The number of rotatable bonds is 5. The van der Waals surface area contributed by atoms with Gasteiger partial charge in [-0.3, -0.25) is 4.98 Å². The minimum absolute atomic E-state index is 0.212. The molecule has 0 aliphatic rings. The lowest BCUT2D eigenvalue weighted by Crippen LogP contribution is -2.21. The van der Waals surface area contributed by atoms with Gasteiger partial charge in [0.05, 0.1) is 18.8 Å². The molecule has 0 amide bonds. The number of carbonyl (C=O) groups is 1. The van der Waals surface area contributed by atoms with E-state index in [2.05, 4.69) is 25.7 Å². The molecule has 1 aromatic heterocycles. The van der Waals surface area contributed by atoms with E-state index in [-0.39, 0.29) is 11.1 Å². The first-order valence-corrected chi connectivity index (χ1v) is 6.18. The van der Waals surface area contributed by atoms with Gasteiger partial charge in [0.25, 0.3) is 0 Å². The Morgan fingerprint density at radius 3 is 2.88 bits per heavy atom. The third-order valence-corrected chi connectivity index (χ3v) is 2.80. The van der Waals surface area contributed by atoms with Crippen molar-refractivity contribution in [3.05, 3.63) is 29.6 Å². The predicted molar refractivity (Wildman–Crippen MR) is 65.0 cm³/mol. The number of esters is 1. The summed E-state index contributed by atoms with van der Waals surface area (Å²) in [6.45, 7) is 0. The molecular formula is C11H14BrNO4. The minimum Gasteiger partial charge on any atom is -0.465 e. The molecule has 2 atom stereocenters. The summed E-state index contributed by atoms with van der Waals surface area (Å²) in [6, 6.07) is 1.45. The molecule has 1 aromatic rings. The quantitative estimate of drug-likeness (QED) is 0.628. The molecule has 2 N–H and O–H groups in total. The van der Waals surface area contributed by atoms with Crippen LogP contribution in [0.5, 0.6) is 0 Å². The number of halogens is 1. The number of aromatic nitrogens is 1. The van der Waals surface area contributed by atoms with Crippen LogP contribution in [0.3, 0.4) is 0 Å². The lowest BCUT2D eigenvalue weighted by Gasteiger charge is -2.18. The molecule has 0 aliphatic heterocycles. The van der Waals surface area contributed by atoms with Crippen LogP contribution in [-0.4, -0.2) is 39.7 Å². The van der Waals surface area contributed by atoms with Gasteiger partial charge in [0.15, 0.2) is 0 Å². The van der Waals surface area contributed by atoms with Gasteiger partial charge in [-0.15, -0.1) is 0 Å². The summed E-state index contributed by atoms with van der Waals surface area (Å²) in [5.41, 5.74) is 0.483. The van der Waals surface area contributed by atoms with Crippen molar-refractivity contribution in [2.75, 3.05) is 12.4 Å². The normalized spacial score (nSPS) is 14.1. The van der Waals surface area contributed by atoms with Gasteiger partial charge in [0.1, 0.15) is 6.10 Å². The SMILES string of the molecule is COC(=O)c1ccncc1C(O)C(O)CCBr. The number of alkyl halides is 1. The van der Waals surface area contributed by atoms with Gasteiger partial charge in [0.2, 0.25) is 0 Å². The highest BCUT2D eigenvalue weighted by Gasteiger charge is 2.23. The number of hydrogen-bond acceptors (Lipinski definition) is 5. The van der Waals surface area contributed by atoms with Crippen molar-refractivity contribution >= 4 is 21.9 Å². The standard InChI is InChI=1S/C11H14BrNO4/c1-17-11(16)7-3-5-13-6-8(7)10(15)9(14)2-4-12/h3,5-6,9-10,14-15H,2,4H2,1H3. The van der Waals surface area contributed by atoms with Crippen molar-refractivity contribution in [3.63, 3.8) is 0 Å². The Hall–Kier alpha value is -0.980. The largest absolute Gasteiger partial charge is 0.465 e. The maximum Gasteiger partial charge on any atom is 0.338 e. The zero-order valence-electron chi connectivity index (χ0n) is 9.34. The Balaban J connectivity index is 3.00. The van der Waals surface area contributed by atoms with Crippen molar-refractivity contribution in [3.8, 4) is 0 Å². The maximum absolute atomic E-state index is 11.5. The predicted octanol–water partition coefficient (Wildman–Crippen LogP) is 1.05. The first-order chi connectivity index (χ1) is 8.11. The topological polar surface area (TPSA) is 79.7 Å². The highest BCUT2D eigenvalue weighted by molar-refractivity contribution is 9.09. The summed E-state index contributed by atoms with van der Waals surface area (Å²) in [6.07, 6.45) is 1.04. The number of carbonyl (C=O) groups excluding carboxylic acids is 1. The number of nitrogens with zero attached hydrogens (tertiary/aromatic N) is 1. The third-order valence-electron chi connectivity index (χ3n) is 2.35. The number of methoxy groups -OCH3 is 1. The van der Waals surface area contributed by atoms with E-state index in [4.69, 9.17) is 0 Å².